The molecule has 0 radical (unpaired) electrons. The lowest BCUT2D eigenvalue weighted by atomic mass is 9.98. The van der Waals surface area contributed by atoms with Gasteiger partial charge in [0.25, 0.3) is 0 Å². The molecule has 0 saturated carbocycles. The molecule has 0 bridgehead atoms. The molecular weight excluding hydrogens is 376 g/mol. The van der Waals surface area contributed by atoms with E-state index in [0.717, 1.165) is 22.3 Å². The van der Waals surface area contributed by atoms with Crippen LogP contribution >= 0.6 is 0 Å². The van der Waals surface area contributed by atoms with Gasteiger partial charge in [0.05, 0.1) is 7.11 Å². The summed E-state index contributed by atoms with van der Waals surface area (Å²) >= 11 is 0. The van der Waals surface area contributed by atoms with Crippen LogP contribution in [0.15, 0.2) is 48.5 Å². The normalized spacial score (nSPS) is 13.0. The second-order valence-corrected chi connectivity index (χ2v) is 6.57. The monoisotopic (exact) mass is 398 g/mol. The minimum absolute atomic E-state index is 0.00533. The summed E-state index contributed by atoms with van der Waals surface area (Å²) < 4.78 is 9.76. The zero-order valence-corrected chi connectivity index (χ0v) is 15.9. The molecule has 0 saturated heterocycles. The number of carbonyl (C=O) groups is 3. The van der Waals surface area contributed by atoms with Crippen LogP contribution in [0.4, 0.5) is 9.59 Å². The lowest BCUT2D eigenvalue weighted by Crippen LogP contribution is -2.43. The van der Waals surface area contributed by atoms with Crippen LogP contribution in [0.25, 0.3) is 11.1 Å². The van der Waals surface area contributed by atoms with E-state index in [1.54, 1.807) is 0 Å². The van der Waals surface area contributed by atoms with Gasteiger partial charge in [0.1, 0.15) is 12.6 Å². The van der Waals surface area contributed by atoms with Crippen molar-refractivity contribution in [3.8, 4) is 11.1 Å². The van der Waals surface area contributed by atoms with Gasteiger partial charge in [-0.3, -0.25) is 0 Å². The molecule has 1 aliphatic carbocycles. The number of ether oxygens (including phenoxy) is 2. The quantitative estimate of drug-likeness (QED) is 0.661. The summed E-state index contributed by atoms with van der Waals surface area (Å²) in [6.45, 7) is 0.125. The highest BCUT2D eigenvalue weighted by Gasteiger charge is 2.29. The molecule has 0 aliphatic heterocycles. The molecule has 0 heterocycles. The molecule has 2 aromatic rings. The van der Waals surface area contributed by atoms with E-state index < -0.39 is 24.2 Å². The highest BCUT2D eigenvalue weighted by atomic mass is 16.5. The van der Waals surface area contributed by atoms with Crippen LogP contribution in [0, 0.1) is 0 Å². The van der Waals surface area contributed by atoms with Gasteiger partial charge in [0, 0.05) is 12.5 Å². The molecule has 0 spiro atoms. The molecule has 29 heavy (non-hydrogen) atoms. The number of benzene rings is 2. The molecule has 3 N–H and O–H groups in total. The third-order valence-corrected chi connectivity index (χ3v) is 4.82. The first kappa shape index (κ1) is 20.2. The zero-order valence-electron chi connectivity index (χ0n) is 15.9. The fraction of sp³-hybridized carbons (Fsp3) is 0.286. The minimum Gasteiger partial charge on any atom is -0.480 e. The highest BCUT2D eigenvalue weighted by molar-refractivity contribution is 5.81. The molecule has 1 aliphatic rings. The molecule has 2 amide bonds. The number of methoxy groups -OCH3 is 1. The first-order valence-corrected chi connectivity index (χ1v) is 9.17. The highest BCUT2D eigenvalue weighted by Crippen LogP contribution is 2.44. The predicted molar refractivity (Wildman–Crippen MR) is 105 cm³/mol. The summed E-state index contributed by atoms with van der Waals surface area (Å²) in [7, 11) is 1.21. The number of nitrogens with one attached hydrogen (secondary N) is 2. The number of carbonyl (C=O) groups excluding carboxylic acids is 2. The van der Waals surface area contributed by atoms with Crippen LogP contribution < -0.4 is 10.6 Å². The largest absolute Gasteiger partial charge is 0.480 e. The topological polar surface area (TPSA) is 114 Å². The average Bonchev–Trinajstić information content (AvgIpc) is 3.05. The van der Waals surface area contributed by atoms with Crippen molar-refractivity contribution in [3.63, 3.8) is 0 Å². The Hall–Kier alpha value is -3.55. The van der Waals surface area contributed by atoms with Crippen molar-refractivity contribution in [2.75, 3.05) is 20.3 Å². The molecule has 0 aromatic heterocycles. The van der Waals surface area contributed by atoms with E-state index in [-0.39, 0.29) is 25.5 Å². The second-order valence-electron chi connectivity index (χ2n) is 6.57. The summed E-state index contributed by atoms with van der Waals surface area (Å²) in [5.41, 5.74) is 4.35. The van der Waals surface area contributed by atoms with E-state index in [1.807, 2.05) is 48.5 Å². The van der Waals surface area contributed by atoms with Gasteiger partial charge in [0.15, 0.2) is 0 Å². The standard InChI is InChI=1S/C21H22N2O6/c1-28-20(26)22-11-10-18(19(24)25)23-21(27)29-12-17-15-8-4-2-6-13(15)14-7-3-5-9-16(14)17/h2-9,17-18H,10-12H2,1H3,(H,22,26)(H,23,27)(H,24,25). The SMILES string of the molecule is COC(=O)NCCC(NC(=O)OCC1c2ccccc2-c2ccccc21)C(=O)O. The first-order valence-electron chi connectivity index (χ1n) is 9.17. The summed E-state index contributed by atoms with van der Waals surface area (Å²) in [6, 6.07) is 14.7. The molecule has 0 fully saturated rings. The lowest BCUT2D eigenvalue weighted by molar-refractivity contribution is -0.139. The first-order chi connectivity index (χ1) is 14.0. The summed E-state index contributed by atoms with van der Waals surface area (Å²) in [4.78, 5) is 34.6. The van der Waals surface area contributed by atoms with E-state index in [9.17, 15) is 19.5 Å². The van der Waals surface area contributed by atoms with Crippen molar-refractivity contribution in [1.29, 1.82) is 0 Å². The van der Waals surface area contributed by atoms with Crippen molar-refractivity contribution in [3.05, 3.63) is 59.7 Å². The Morgan fingerprint density at radius 1 is 1.00 bits per heavy atom. The summed E-state index contributed by atoms with van der Waals surface area (Å²) in [5, 5.41) is 14.0. The van der Waals surface area contributed by atoms with Crippen molar-refractivity contribution in [2.24, 2.45) is 0 Å². The Labute approximate surface area is 167 Å². The van der Waals surface area contributed by atoms with Gasteiger partial charge in [-0.15, -0.1) is 0 Å². The van der Waals surface area contributed by atoms with Gasteiger partial charge < -0.3 is 25.2 Å². The van der Waals surface area contributed by atoms with E-state index in [1.165, 1.54) is 7.11 Å². The molecule has 152 valence electrons. The lowest BCUT2D eigenvalue weighted by Gasteiger charge is -2.17. The van der Waals surface area contributed by atoms with Gasteiger partial charge in [-0.25, -0.2) is 14.4 Å². The second kappa shape index (κ2) is 9.09. The fourth-order valence-electron chi connectivity index (χ4n) is 3.43. The van der Waals surface area contributed by atoms with Gasteiger partial charge >= 0.3 is 18.2 Å². The van der Waals surface area contributed by atoms with Crippen molar-refractivity contribution >= 4 is 18.2 Å². The van der Waals surface area contributed by atoms with Gasteiger partial charge in [0.2, 0.25) is 0 Å². The number of aliphatic carboxylic acids is 1. The van der Waals surface area contributed by atoms with Crippen LogP contribution in [0.2, 0.25) is 0 Å². The Morgan fingerprint density at radius 2 is 1.59 bits per heavy atom. The fourth-order valence-corrected chi connectivity index (χ4v) is 3.43. The third-order valence-electron chi connectivity index (χ3n) is 4.82. The number of alkyl carbamates (subject to hydrolysis) is 2. The molecule has 1 unspecified atom stereocenters. The third kappa shape index (κ3) is 4.66. The maximum atomic E-state index is 12.2. The number of fused-ring (bicyclic) bond motifs is 3. The van der Waals surface area contributed by atoms with E-state index >= 15 is 0 Å². The number of amides is 2. The molecule has 1 atom stereocenters. The van der Waals surface area contributed by atoms with E-state index in [4.69, 9.17) is 4.74 Å². The molecule has 8 heteroatoms. The van der Waals surface area contributed by atoms with Gasteiger partial charge in [-0.2, -0.15) is 0 Å². The predicted octanol–water partition coefficient (Wildman–Crippen LogP) is 2.72. The van der Waals surface area contributed by atoms with E-state index in [2.05, 4.69) is 15.4 Å². The average molecular weight is 398 g/mol. The summed E-state index contributed by atoms with van der Waals surface area (Å²) in [5.74, 6) is -1.33. The zero-order chi connectivity index (χ0) is 20.8. The smallest absolute Gasteiger partial charge is 0.407 e. The van der Waals surface area contributed by atoms with Crippen molar-refractivity contribution in [1.82, 2.24) is 10.6 Å². The van der Waals surface area contributed by atoms with Crippen LogP contribution in [-0.4, -0.2) is 49.6 Å². The van der Waals surface area contributed by atoms with Gasteiger partial charge in [-0.1, -0.05) is 48.5 Å². The molecule has 8 nitrogen and oxygen atoms in total. The van der Waals surface area contributed by atoms with Crippen LogP contribution in [0.5, 0.6) is 0 Å². The number of carboxylic acid groups (broad SMARTS) is 1. The maximum absolute atomic E-state index is 12.2. The van der Waals surface area contributed by atoms with E-state index in [0.29, 0.717) is 0 Å². The van der Waals surface area contributed by atoms with Crippen molar-refractivity contribution in [2.45, 2.75) is 18.4 Å². The Bertz CT molecular complexity index is 868. The molecule has 2 aromatic carbocycles. The van der Waals surface area contributed by atoms with Crippen LogP contribution in [0.1, 0.15) is 23.5 Å². The van der Waals surface area contributed by atoms with Crippen LogP contribution in [0.3, 0.4) is 0 Å². The number of rotatable bonds is 7. The number of carboxylic acids is 1. The Balaban J connectivity index is 1.60. The molecular formula is C21H22N2O6. The number of hydrogen-bond donors (Lipinski definition) is 3. The van der Waals surface area contributed by atoms with Crippen molar-refractivity contribution < 1.29 is 29.0 Å². The minimum atomic E-state index is -1.22. The summed E-state index contributed by atoms with van der Waals surface area (Å²) in [6.07, 6.45) is -1.50. The maximum Gasteiger partial charge on any atom is 0.407 e. The Kier molecular flexibility index (Phi) is 6.33. The van der Waals surface area contributed by atoms with Crippen LogP contribution in [-0.2, 0) is 14.3 Å². The molecule has 3 rings (SSSR count). The van der Waals surface area contributed by atoms with Gasteiger partial charge in [-0.05, 0) is 28.7 Å². The number of hydrogen-bond acceptors (Lipinski definition) is 5. The Morgan fingerprint density at radius 3 is 2.14 bits per heavy atom.